The van der Waals surface area contributed by atoms with Crippen LogP contribution >= 0.6 is 11.3 Å². The van der Waals surface area contributed by atoms with Crippen LogP contribution in [0.1, 0.15) is 47.2 Å². The van der Waals surface area contributed by atoms with E-state index in [4.69, 9.17) is 14.5 Å². The first-order valence-corrected chi connectivity index (χ1v) is 16.6. The van der Waals surface area contributed by atoms with Crippen molar-refractivity contribution in [3.8, 4) is 11.5 Å². The fourth-order valence-electron chi connectivity index (χ4n) is 6.69. The van der Waals surface area contributed by atoms with Gasteiger partial charge in [-0.15, -0.1) is 0 Å². The third-order valence-corrected chi connectivity index (χ3v) is 9.87. The average Bonchev–Trinajstić information content (AvgIpc) is 3.41. The highest BCUT2D eigenvalue weighted by atomic mass is 32.1. The first kappa shape index (κ1) is 29.2. The molecule has 0 bridgehead atoms. The number of fused-ring (bicyclic) bond motifs is 4. The van der Waals surface area contributed by atoms with Gasteiger partial charge < -0.3 is 9.47 Å². The van der Waals surface area contributed by atoms with Crippen molar-refractivity contribution in [1.82, 2.24) is 4.57 Å². The highest BCUT2D eigenvalue weighted by Crippen LogP contribution is 2.41. The molecule has 6 aromatic rings. The van der Waals surface area contributed by atoms with E-state index in [1.54, 1.807) is 16.7 Å². The Balaban J connectivity index is 1.19. The summed E-state index contributed by atoms with van der Waals surface area (Å²) >= 11 is 1.37. The number of rotatable bonds is 7. The Morgan fingerprint density at radius 2 is 1.70 bits per heavy atom. The monoisotopic (exact) mass is 638 g/mol. The molecule has 1 aliphatic carbocycles. The van der Waals surface area contributed by atoms with Crippen LogP contribution in [0.4, 0.5) is 4.39 Å². The molecule has 0 N–H and O–H groups in total. The molecule has 0 saturated carbocycles. The third kappa shape index (κ3) is 5.36. The number of thiazole rings is 1. The van der Waals surface area contributed by atoms with Gasteiger partial charge in [0.05, 0.1) is 22.9 Å². The normalized spacial score (nSPS) is 15.5. The molecule has 47 heavy (non-hydrogen) atoms. The fraction of sp³-hybridized carbons (Fsp3) is 0.150. The van der Waals surface area contributed by atoms with Crippen LogP contribution in [-0.4, -0.2) is 11.2 Å². The summed E-state index contributed by atoms with van der Waals surface area (Å²) in [4.78, 5) is 19.9. The molecule has 7 heteroatoms. The van der Waals surface area contributed by atoms with E-state index in [9.17, 15) is 9.18 Å². The number of nitrogens with zero attached hydrogens (tertiary/aromatic N) is 2. The van der Waals surface area contributed by atoms with E-state index in [0.717, 1.165) is 51.8 Å². The van der Waals surface area contributed by atoms with Crippen LogP contribution in [0.15, 0.2) is 125 Å². The van der Waals surface area contributed by atoms with Gasteiger partial charge in [-0.2, -0.15) is 0 Å². The summed E-state index contributed by atoms with van der Waals surface area (Å²) in [6.07, 6.45) is 3.53. The molecule has 0 spiro atoms. The molecule has 0 amide bonds. The topological polar surface area (TPSA) is 52.8 Å². The highest BCUT2D eigenvalue weighted by Gasteiger charge is 2.32. The molecule has 0 saturated heterocycles. The number of hydrogen-bond acceptors (Lipinski definition) is 5. The minimum absolute atomic E-state index is 0.122. The van der Waals surface area contributed by atoms with Gasteiger partial charge in [0.25, 0.3) is 5.56 Å². The van der Waals surface area contributed by atoms with Crippen LogP contribution in [0.25, 0.3) is 22.5 Å². The number of benzene rings is 5. The van der Waals surface area contributed by atoms with E-state index in [1.807, 2.05) is 55.5 Å². The fourth-order valence-corrected chi connectivity index (χ4v) is 7.70. The number of allylic oxidation sites excluding steroid dienone is 1. The van der Waals surface area contributed by atoms with E-state index >= 15 is 0 Å². The zero-order valence-corrected chi connectivity index (χ0v) is 26.6. The molecule has 5 nitrogen and oxygen atoms in total. The standard InChI is InChI=1S/C40H31FN2O3S/c1-2-45-35-22-25(14-21-34(35)46-24-29-11-7-10-26-8-3-5-12-31(26)29)23-36-39(44)43-38(28-15-18-30(41)19-16-28)33-20-17-27-9-4-6-13-32(27)37(33)42-40(43)47-36/h3-16,18-19,21-23,38H,2,17,20,24H2,1H3/b36-23+/t38-/m1/s1. The summed E-state index contributed by atoms with van der Waals surface area (Å²) in [6, 6.07) is 34.7. The predicted molar refractivity (Wildman–Crippen MR) is 185 cm³/mol. The summed E-state index contributed by atoms with van der Waals surface area (Å²) < 4.78 is 28.6. The van der Waals surface area contributed by atoms with Gasteiger partial charge in [0.1, 0.15) is 12.4 Å². The summed E-state index contributed by atoms with van der Waals surface area (Å²) in [6.45, 7) is 2.81. The zero-order valence-electron chi connectivity index (χ0n) is 25.8. The van der Waals surface area contributed by atoms with E-state index in [2.05, 4.69) is 42.5 Å². The second-order valence-electron chi connectivity index (χ2n) is 11.7. The van der Waals surface area contributed by atoms with Gasteiger partial charge in [-0.1, -0.05) is 96.3 Å². The highest BCUT2D eigenvalue weighted by molar-refractivity contribution is 7.07. The molecular weight excluding hydrogens is 608 g/mol. The maximum Gasteiger partial charge on any atom is 0.271 e. The van der Waals surface area contributed by atoms with Crippen LogP contribution in [0, 0.1) is 5.82 Å². The Morgan fingerprint density at radius 1 is 0.894 bits per heavy atom. The Morgan fingerprint density at radius 3 is 2.57 bits per heavy atom. The van der Waals surface area contributed by atoms with Crippen LogP contribution in [0.3, 0.4) is 0 Å². The van der Waals surface area contributed by atoms with Crippen molar-refractivity contribution in [2.45, 2.75) is 32.4 Å². The molecule has 1 atom stereocenters. The van der Waals surface area contributed by atoms with Crippen LogP contribution in [0.5, 0.6) is 11.5 Å². The number of halogens is 1. The zero-order chi connectivity index (χ0) is 31.9. The van der Waals surface area contributed by atoms with Gasteiger partial charge >= 0.3 is 0 Å². The van der Waals surface area contributed by atoms with Crippen LogP contribution < -0.4 is 24.4 Å². The van der Waals surface area contributed by atoms with Crippen molar-refractivity contribution < 1.29 is 13.9 Å². The van der Waals surface area contributed by atoms with Gasteiger partial charge in [0, 0.05) is 5.56 Å². The molecule has 0 fully saturated rings. The third-order valence-electron chi connectivity index (χ3n) is 8.89. The molecular formula is C40H31FN2O3S. The summed E-state index contributed by atoms with van der Waals surface area (Å²) in [5, 5.41) is 2.33. The number of hydrogen-bond donors (Lipinski definition) is 0. The minimum Gasteiger partial charge on any atom is -0.490 e. The Hall–Kier alpha value is -5.27. The van der Waals surface area contributed by atoms with Gasteiger partial charge in [-0.3, -0.25) is 9.36 Å². The largest absolute Gasteiger partial charge is 0.490 e. The number of aryl methyl sites for hydroxylation is 1. The van der Waals surface area contributed by atoms with Crippen molar-refractivity contribution in [2.24, 2.45) is 4.99 Å². The maximum absolute atomic E-state index is 14.2. The second-order valence-corrected chi connectivity index (χ2v) is 12.7. The average molecular weight is 639 g/mol. The van der Waals surface area contributed by atoms with E-state index < -0.39 is 0 Å². The van der Waals surface area contributed by atoms with E-state index in [-0.39, 0.29) is 17.4 Å². The number of aromatic nitrogens is 1. The van der Waals surface area contributed by atoms with Crippen molar-refractivity contribution in [2.75, 3.05) is 6.61 Å². The van der Waals surface area contributed by atoms with Gasteiger partial charge in [-0.05, 0) is 88.7 Å². The summed E-state index contributed by atoms with van der Waals surface area (Å²) in [5.74, 6) is 0.950. The van der Waals surface area contributed by atoms with Crippen LogP contribution in [-0.2, 0) is 13.0 Å². The molecule has 1 aliphatic heterocycles. The summed E-state index contributed by atoms with van der Waals surface area (Å²) in [7, 11) is 0. The molecule has 5 aromatic carbocycles. The maximum atomic E-state index is 14.2. The minimum atomic E-state index is -0.360. The Kier molecular flexibility index (Phi) is 7.54. The Labute approximate surface area is 275 Å². The van der Waals surface area contributed by atoms with Gasteiger partial charge in [-0.25, -0.2) is 9.38 Å². The lowest BCUT2D eigenvalue weighted by atomic mass is 9.83. The number of ether oxygens (including phenoxy) is 2. The van der Waals surface area contributed by atoms with E-state index in [0.29, 0.717) is 34.0 Å². The molecule has 2 aliphatic rings. The van der Waals surface area contributed by atoms with E-state index in [1.165, 1.54) is 34.4 Å². The molecule has 232 valence electrons. The molecule has 2 heterocycles. The first-order valence-electron chi connectivity index (χ1n) is 15.8. The predicted octanol–water partition coefficient (Wildman–Crippen LogP) is 7.59. The van der Waals surface area contributed by atoms with Crippen molar-refractivity contribution in [3.05, 3.63) is 168 Å². The molecule has 8 rings (SSSR count). The smallest absolute Gasteiger partial charge is 0.271 e. The van der Waals surface area contributed by atoms with Gasteiger partial charge in [0.15, 0.2) is 16.3 Å². The van der Waals surface area contributed by atoms with Gasteiger partial charge in [0.2, 0.25) is 0 Å². The lowest BCUT2D eigenvalue weighted by Gasteiger charge is -2.30. The molecule has 1 aromatic heterocycles. The SMILES string of the molecule is CCOc1cc(/C=c2/sc3n(c2=O)[C@H](c2ccc(F)cc2)C2=C(N=3)c3ccccc3CC2)ccc1OCc1cccc2ccccc12. The first-order chi connectivity index (χ1) is 23.1. The lowest BCUT2D eigenvalue weighted by Crippen LogP contribution is -2.38. The lowest BCUT2D eigenvalue weighted by molar-refractivity contribution is 0.270. The van der Waals surface area contributed by atoms with Crippen molar-refractivity contribution in [1.29, 1.82) is 0 Å². The second kappa shape index (κ2) is 12.2. The molecule has 0 radical (unpaired) electrons. The van der Waals surface area contributed by atoms with Crippen molar-refractivity contribution >= 4 is 33.9 Å². The molecule has 0 unspecified atom stereocenters. The Bertz CT molecular complexity index is 2370. The summed E-state index contributed by atoms with van der Waals surface area (Å²) in [5.41, 5.74) is 7.01. The quantitative estimate of drug-likeness (QED) is 0.181. The van der Waals surface area contributed by atoms with Crippen LogP contribution in [0.2, 0.25) is 0 Å². The van der Waals surface area contributed by atoms with Crippen molar-refractivity contribution in [3.63, 3.8) is 0 Å².